The molecule has 328 valence electrons. The van der Waals surface area contributed by atoms with Crippen LogP contribution in [-0.2, 0) is 49.3 Å². The van der Waals surface area contributed by atoms with Gasteiger partial charge in [0.15, 0.2) is 0 Å². The van der Waals surface area contributed by atoms with E-state index < -0.39 is 38.3 Å². The minimum Gasteiger partial charge on any atom is -0.437 e. The van der Waals surface area contributed by atoms with E-state index in [0.29, 0.717) is 11.3 Å². The molecule has 0 N–H and O–H groups in total. The van der Waals surface area contributed by atoms with E-state index in [-0.39, 0.29) is 32.1 Å². The van der Waals surface area contributed by atoms with Crippen molar-refractivity contribution in [3.63, 3.8) is 0 Å². The van der Waals surface area contributed by atoms with E-state index in [2.05, 4.69) is 202 Å². The van der Waals surface area contributed by atoms with Crippen molar-refractivity contribution >= 4 is 70.0 Å². The molecule has 12 nitrogen and oxygen atoms in total. The molecule has 4 heterocycles. The number of hydrogen-bond donors (Lipinski definition) is 0. The Balaban J connectivity index is 0.000000145. The van der Waals surface area contributed by atoms with Crippen molar-refractivity contribution in [2.75, 3.05) is 0 Å². The van der Waals surface area contributed by atoms with Crippen molar-refractivity contribution in [1.29, 1.82) is 0 Å². The summed E-state index contributed by atoms with van der Waals surface area (Å²) < 4.78 is 4.61. The molecule has 4 aromatic heterocycles. The molecule has 0 aliphatic carbocycles. The first kappa shape index (κ1) is 47.6. The standard InChI is InChI=1S/2C18H15P.2C7H8N4O2.Pt/c2*1-4-10-16(11-5-1)19(17-12-6-2-7-13-17)18-14-8-3-9-15-18;2*1-10-5-4(8-3-9-5)6(12)11(2)7(10)13;/h2*1-15H;2*3H,1-2H3,(H,8,9,12);/q;;;;+2. The third kappa shape index (κ3) is 11.1. The summed E-state index contributed by atoms with van der Waals surface area (Å²) in [5.41, 5.74) is -0.488. The Morgan fingerprint density at radius 1 is 0.354 bits per heavy atom. The zero-order valence-corrected chi connectivity index (χ0v) is 40.3. The summed E-state index contributed by atoms with van der Waals surface area (Å²) in [6, 6.07) is 65.0. The molecule has 0 spiro atoms. The van der Waals surface area contributed by atoms with E-state index in [1.54, 1.807) is 14.1 Å². The third-order valence-corrected chi connectivity index (χ3v) is 15.8. The van der Waals surface area contributed by atoms with Crippen LogP contribution in [0, 0.1) is 0 Å². The molecule has 0 saturated carbocycles. The van der Waals surface area contributed by atoms with Gasteiger partial charge in [0.05, 0.1) is 15.8 Å². The molecule has 0 amide bonds. The number of aryl methyl sites for hydroxylation is 2. The zero-order valence-electron chi connectivity index (χ0n) is 36.0. The van der Waals surface area contributed by atoms with Gasteiger partial charge in [0.2, 0.25) is 0 Å². The molecular formula is C50H46N8O4P2Pt+2. The number of hydrogen-bond acceptors (Lipinski definition) is 6. The van der Waals surface area contributed by atoms with E-state index in [1.165, 1.54) is 67.7 Å². The maximum absolute atomic E-state index is 11.4. The predicted molar refractivity (Wildman–Crippen MR) is 264 cm³/mol. The first-order valence-electron chi connectivity index (χ1n) is 20.3. The van der Waals surface area contributed by atoms with Gasteiger partial charge in [0.25, 0.3) is 11.1 Å². The quantitative estimate of drug-likeness (QED) is 0.231. The average Bonchev–Trinajstić information content (AvgIpc) is 4.07. The molecule has 0 bridgehead atoms. The Bertz CT molecular complexity index is 2900. The number of aromatic nitrogens is 8. The fraction of sp³-hybridized carbons (Fsp3) is 0.0800. The summed E-state index contributed by atoms with van der Waals surface area (Å²) in [4.78, 5) is 60.7. The monoisotopic (exact) mass is 1080 g/mol. The Labute approximate surface area is 391 Å². The van der Waals surface area contributed by atoms with Crippen LogP contribution in [0.15, 0.2) is 214 Å². The summed E-state index contributed by atoms with van der Waals surface area (Å²) in [5, 5.41) is 8.61. The molecule has 0 unspecified atom stereocenters. The smallest absolute Gasteiger partial charge is 0.437 e. The van der Waals surface area contributed by atoms with Crippen LogP contribution in [0.2, 0.25) is 0 Å². The maximum atomic E-state index is 11.4. The average molecular weight is 1080 g/mol. The van der Waals surface area contributed by atoms with E-state index in [4.69, 9.17) is 0 Å². The van der Waals surface area contributed by atoms with Crippen molar-refractivity contribution < 1.29 is 21.1 Å². The van der Waals surface area contributed by atoms with Crippen LogP contribution in [0.25, 0.3) is 22.3 Å². The molecule has 0 aliphatic rings. The van der Waals surface area contributed by atoms with Crippen molar-refractivity contribution in [2.45, 2.75) is 0 Å². The van der Waals surface area contributed by atoms with Gasteiger partial charge < -0.3 is 19.9 Å². The number of rotatable bonds is 6. The van der Waals surface area contributed by atoms with Crippen molar-refractivity contribution in [3.8, 4) is 0 Å². The van der Waals surface area contributed by atoms with Crippen LogP contribution in [0.1, 0.15) is 0 Å². The fourth-order valence-corrected chi connectivity index (χ4v) is 12.2. The van der Waals surface area contributed by atoms with Crippen LogP contribution in [0.3, 0.4) is 0 Å². The Morgan fingerprint density at radius 2 is 0.569 bits per heavy atom. The van der Waals surface area contributed by atoms with Crippen molar-refractivity contribution in [3.05, 3.63) is 236 Å². The van der Waals surface area contributed by atoms with E-state index >= 15 is 0 Å². The topological polar surface area (TPSA) is 142 Å². The largest absolute Gasteiger partial charge is 2.00 e. The number of fused-ring (bicyclic) bond motifs is 2. The zero-order chi connectivity index (χ0) is 45.0. The van der Waals surface area contributed by atoms with Gasteiger partial charge in [-0.15, -0.1) is 0 Å². The first-order valence-corrected chi connectivity index (χ1v) is 23.3. The van der Waals surface area contributed by atoms with Crippen LogP contribution >= 0.6 is 15.8 Å². The van der Waals surface area contributed by atoms with Crippen LogP contribution < -0.4 is 64.3 Å². The molecule has 0 aliphatic heterocycles. The van der Waals surface area contributed by atoms with Crippen LogP contribution in [0.5, 0.6) is 0 Å². The summed E-state index contributed by atoms with van der Waals surface area (Å²) in [6.45, 7) is 0. The van der Waals surface area contributed by atoms with Gasteiger partial charge in [-0.05, 0) is 72.8 Å². The normalized spacial score (nSPS) is 10.6. The van der Waals surface area contributed by atoms with E-state index in [1.807, 2.05) is 0 Å². The molecule has 15 heteroatoms. The number of nitrogens with zero attached hydrogens (tertiary/aromatic N) is 8. The van der Waals surface area contributed by atoms with Gasteiger partial charge >= 0.3 is 32.4 Å². The van der Waals surface area contributed by atoms with Gasteiger partial charge in [-0.25, -0.2) is 9.59 Å². The molecule has 0 fully saturated rings. The Hall–Kier alpha value is -6.83. The van der Waals surface area contributed by atoms with Crippen LogP contribution in [-0.4, -0.2) is 28.2 Å². The van der Waals surface area contributed by atoms with Gasteiger partial charge in [-0.1, -0.05) is 122 Å². The molecule has 10 aromatic rings. The van der Waals surface area contributed by atoms with Crippen molar-refractivity contribution in [2.24, 2.45) is 28.2 Å². The minimum absolute atomic E-state index is 0. The maximum Gasteiger partial charge on any atom is 2.00 e. The van der Waals surface area contributed by atoms with Gasteiger partial charge in [0.1, 0.15) is 31.8 Å². The van der Waals surface area contributed by atoms with Crippen LogP contribution in [0.4, 0.5) is 0 Å². The van der Waals surface area contributed by atoms with Gasteiger partial charge in [0, 0.05) is 50.5 Å². The van der Waals surface area contributed by atoms with E-state index in [0.717, 1.165) is 9.13 Å². The number of benzene rings is 6. The van der Waals surface area contributed by atoms with Crippen molar-refractivity contribution in [1.82, 2.24) is 38.2 Å². The summed E-state index contributed by atoms with van der Waals surface area (Å²) >= 11 is 0. The molecule has 10 rings (SSSR count). The summed E-state index contributed by atoms with van der Waals surface area (Å²) in [7, 11) is 4.18. The van der Waals surface area contributed by atoms with E-state index in [9.17, 15) is 19.2 Å². The summed E-state index contributed by atoms with van der Waals surface area (Å²) in [6.07, 6.45) is 2.54. The second-order valence-electron chi connectivity index (χ2n) is 14.4. The second kappa shape index (κ2) is 22.7. The summed E-state index contributed by atoms with van der Waals surface area (Å²) in [5.74, 6) is 0. The molecule has 65 heavy (non-hydrogen) atoms. The van der Waals surface area contributed by atoms with Gasteiger partial charge in [-0.3, -0.25) is 27.9 Å². The fourth-order valence-electron chi connectivity index (χ4n) is 7.06. The molecule has 0 atom stereocenters. The predicted octanol–water partition coefficient (Wildman–Crippen LogP) is 3.53. The Morgan fingerprint density at radius 3 is 0.785 bits per heavy atom. The molecular weight excluding hydrogens is 1030 g/mol. The molecule has 6 aromatic carbocycles. The molecule has 0 saturated heterocycles. The SMILES string of the molecule is Cn1c(=O)c2[n-]cnc2n(C)c1=O.Cn1c(=O)c2[n-]cnc2n(C)c1=O.[Pt+2].c1ccc([PH+](c2ccccc2)c2ccccc2)cc1.c1ccc([PH+](c2ccccc2)c2ccccc2)cc1. The Kier molecular flexibility index (Phi) is 16.6. The number of imidazole rings is 2. The first-order chi connectivity index (χ1) is 31.2. The second-order valence-corrected chi connectivity index (χ2v) is 19.4. The third-order valence-electron chi connectivity index (χ3n) is 10.3. The van der Waals surface area contributed by atoms with Gasteiger partial charge in [-0.2, -0.15) is 0 Å². The minimum atomic E-state index is -0.877. The molecule has 0 radical (unpaired) electrons.